The number of hydrogen-bond donors (Lipinski definition) is 2. The fourth-order valence-electron chi connectivity index (χ4n) is 2.72. The number of nitrogens with one attached hydrogen (secondary N) is 1. The zero-order valence-electron chi connectivity index (χ0n) is 14.1. The van der Waals surface area contributed by atoms with Crippen molar-refractivity contribution in [2.45, 2.75) is 0 Å². The number of amides is 1. The number of nitrogen functional groups attached to an aromatic ring is 1. The highest BCUT2D eigenvalue weighted by molar-refractivity contribution is 7.21. The number of carbonyl (C=O) groups is 1. The second-order valence-corrected chi connectivity index (χ2v) is 6.76. The molecule has 0 aromatic carbocycles. The van der Waals surface area contributed by atoms with Crippen molar-refractivity contribution in [1.82, 2.24) is 25.3 Å². The quantitative estimate of drug-likeness (QED) is 0.698. The van der Waals surface area contributed by atoms with Crippen LogP contribution in [0, 0.1) is 0 Å². The summed E-state index contributed by atoms with van der Waals surface area (Å²) in [6.07, 6.45) is 3.19. The summed E-state index contributed by atoms with van der Waals surface area (Å²) < 4.78 is 6.32. The molecular formula is C16H17N7O2S. The fourth-order valence-corrected chi connectivity index (χ4v) is 3.78. The summed E-state index contributed by atoms with van der Waals surface area (Å²) in [6, 6.07) is 1.78. The monoisotopic (exact) mass is 371 g/mol. The van der Waals surface area contributed by atoms with Crippen LogP contribution >= 0.6 is 11.3 Å². The zero-order chi connectivity index (χ0) is 18.1. The Hall–Kier alpha value is -2.85. The van der Waals surface area contributed by atoms with Crippen LogP contribution in [-0.2, 0) is 4.74 Å². The third kappa shape index (κ3) is 3.04. The van der Waals surface area contributed by atoms with E-state index in [2.05, 4.69) is 25.2 Å². The fraction of sp³-hybridized carbons (Fsp3) is 0.312. The average Bonchev–Trinajstić information content (AvgIpc) is 3.12. The summed E-state index contributed by atoms with van der Waals surface area (Å²) in [5, 5.41) is 2.65. The van der Waals surface area contributed by atoms with Crippen LogP contribution in [0.2, 0.25) is 0 Å². The number of fused-ring (bicyclic) bond motifs is 1. The summed E-state index contributed by atoms with van der Waals surface area (Å²) in [4.78, 5) is 32.2. The van der Waals surface area contributed by atoms with Crippen LogP contribution in [0.4, 0.5) is 11.8 Å². The molecule has 1 aliphatic rings. The highest BCUT2D eigenvalue weighted by Crippen LogP contribution is 2.34. The van der Waals surface area contributed by atoms with Crippen LogP contribution in [-0.4, -0.2) is 59.2 Å². The van der Waals surface area contributed by atoms with Gasteiger partial charge < -0.3 is 20.7 Å². The van der Waals surface area contributed by atoms with Crippen molar-refractivity contribution in [3.05, 3.63) is 23.3 Å². The van der Waals surface area contributed by atoms with Gasteiger partial charge in [0.15, 0.2) is 11.6 Å². The van der Waals surface area contributed by atoms with E-state index in [-0.39, 0.29) is 11.9 Å². The van der Waals surface area contributed by atoms with Crippen LogP contribution in [0.1, 0.15) is 9.67 Å². The van der Waals surface area contributed by atoms with Gasteiger partial charge in [-0.1, -0.05) is 0 Å². The molecule has 9 nitrogen and oxygen atoms in total. The highest BCUT2D eigenvalue weighted by Gasteiger charge is 2.21. The van der Waals surface area contributed by atoms with Gasteiger partial charge in [-0.05, 0) is 6.07 Å². The molecule has 1 aliphatic heterocycles. The maximum atomic E-state index is 12.0. The molecule has 0 aliphatic carbocycles. The van der Waals surface area contributed by atoms with Gasteiger partial charge in [0.2, 0.25) is 5.95 Å². The Bertz CT molecular complexity index is 951. The lowest BCUT2D eigenvalue weighted by Crippen LogP contribution is -2.36. The van der Waals surface area contributed by atoms with Crippen molar-refractivity contribution in [3.8, 4) is 11.4 Å². The van der Waals surface area contributed by atoms with Gasteiger partial charge in [-0.25, -0.2) is 19.9 Å². The van der Waals surface area contributed by atoms with E-state index in [0.29, 0.717) is 29.5 Å². The largest absolute Gasteiger partial charge is 0.378 e. The first-order chi connectivity index (χ1) is 12.7. The number of morpholine rings is 1. The molecule has 4 rings (SSSR count). The first kappa shape index (κ1) is 16.6. The molecule has 0 saturated carbocycles. The van der Waals surface area contributed by atoms with Crippen LogP contribution in [0.5, 0.6) is 0 Å². The molecule has 1 fully saturated rings. The third-order valence-corrected chi connectivity index (χ3v) is 5.16. The van der Waals surface area contributed by atoms with E-state index in [9.17, 15) is 4.79 Å². The summed E-state index contributed by atoms with van der Waals surface area (Å²) >= 11 is 1.39. The van der Waals surface area contributed by atoms with E-state index in [1.165, 1.54) is 11.3 Å². The van der Waals surface area contributed by atoms with E-state index in [4.69, 9.17) is 15.5 Å². The van der Waals surface area contributed by atoms with Crippen molar-refractivity contribution < 1.29 is 9.53 Å². The lowest BCUT2D eigenvalue weighted by Gasteiger charge is -2.28. The molecular weight excluding hydrogens is 354 g/mol. The molecule has 3 aromatic heterocycles. The van der Waals surface area contributed by atoms with Crippen LogP contribution in [0.3, 0.4) is 0 Å². The smallest absolute Gasteiger partial charge is 0.261 e. The molecule has 0 atom stereocenters. The number of hydrogen-bond acceptors (Lipinski definition) is 9. The Morgan fingerprint density at radius 3 is 2.69 bits per heavy atom. The van der Waals surface area contributed by atoms with Gasteiger partial charge in [0.05, 0.1) is 33.9 Å². The van der Waals surface area contributed by atoms with Crippen molar-refractivity contribution in [1.29, 1.82) is 0 Å². The predicted molar refractivity (Wildman–Crippen MR) is 99.3 cm³/mol. The van der Waals surface area contributed by atoms with Gasteiger partial charge in [0.25, 0.3) is 5.91 Å². The van der Waals surface area contributed by atoms with Crippen molar-refractivity contribution in [2.75, 3.05) is 44.0 Å². The normalized spacial score (nSPS) is 14.6. The van der Waals surface area contributed by atoms with Gasteiger partial charge in [-0.3, -0.25) is 4.79 Å². The molecule has 10 heteroatoms. The Morgan fingerprint density at radius 1 is 1.27 bits per heavy atom. The van der Waals surface area contributed by atoms with Crippen LogP contribution in [0.25, 0.3) is 21.6 Å². The Morgan fingerprint density at radius 2 is 2.00 bits per heavy atom. The van der Waals surface area contributed by atoms with Gasteiger partial charge in [0.1, 0.15) is 0 Å². The minimum atomic E-state index is -0.140. The number of thiophene rings is 1. The van der Waals surface area contributed by atoms with Crippen molar-refractivity contribution >= 4 is 39.2 Å². The first-order valence-electron chi connectivity index (χ1n) is 8.10. The van der Waals surface area contributed by atoms with Crippen LogP contribution < -0.4 is 16.0 Å². The first-order valence-corrected chi connectivity index (χ1v) is 8.91. The highest BCUT2D eigenvalue weighted by atomic mass is 32.1. The molecule has 1 amide bonds. The minimum Gasteiger partial charge on any atom is -0.378 e. The molecule has 0 unspecified atom stereocenters. The van der Waals surface area contributed by atoms with E-state index >= 15 is 0 Å². The lowest BCUT2D eigenvalue weighted by atomic mass is 10.3. The maximum Gasteiger partial charge on any atom is 0.261 e. The van der Waals surface area contributed by atoms with Gasteiger partial charge >= 0.3 is 0 Å². The molecule has 4 heterocycles. The topological polar surface area (TPSA) is 119 Å². The van der Waals surface area contributed by atoms with E-state index in [1.54, 1.807) is 25.5 Å². The van der Waals surface area contributed by atoms with Crippen molar-refractivity contribution in [2.24, 2.45) is 0 Å². The second-order valence-electron chi connectivity index (χ2n) is 5.70. The van der Waals surface area contributed by atoms with Gasteiger partial charge in [-0.15, -0.1) is 11.3 Å². The zero-order valence-corrected chi connectivity index (χ0v) is 14.9. The van der Waals surface area contributed by atoms with E-state index < -0.39 is 0 Å². The van der Waals surface area contributed by atoms with Crippen LogP contribution in [0.15, 0.2) is 18.5 Å². The molecule has 3 N–H and O–H groups in total. The number of aromatic nitrogens is 4. The molecule has 3 aromatic rings. The van der Waals surface area contributed by atoms with E-state index in [1.807, 2.05) is 0 Å². The number of anilines is 2. The standard InChI is InChI=1S/C16H17N7O2S/c1-18-15(24)11-6-10-12(26-11)14(23-2-4-25-5-3-23)22-13(21-10)9-7-19-16(17)20-8-9/h6-8H,2-5H2,1H3,(H,18,24)(H2,17,19,20). The molecule has 0 spiro atoms. The summed E-state index contributed by atoms with van der Waals surface area (Å²) in [6.45, 7) is 2.74. The van der Waals surface area contributed by atoms with E-state index in [0.717, 1.165) is 29.1 Å². The Kier molecular flexibility index (Phi) is 4.35. The number of nitrogens with zero attached hydrogens (tertiary/aromatic N) is 5. The molecule has 134 valence electrons. The van der Waals surface area contributed by atoms with Crippen molar-refractivity contribution in [3.63, 3.8) is 0 Å². The number of rotatable bonds is 3. The molecule has 0 radical (unpaired) electrons. The molecule has 26 heavy (non-hydrogen) atoms. The third-order valence-electron chi connectivity index (χ3n) is 4.05. The summed E-state index contributed by atoms with van der Waals surface area (Å²) in [7, 11) is 1.61. The van der Waals surface area contributed by atoms with Gasteiger partial charge in [0, 0.05) is 32.5 Å². The average molecular weight is 371 g/mol. The number of carbonyl (C=O) groups excluding carboxylic acids is 1. The minimum absolute atomic E-state index is 0.140. The lowest BCUT2D eigenvalue weighted by molar-refractivity contribution is 0.0967. The summed E-state index contributed by atoms with van der Waals surface area (Å²) in [5.74, 6) is 1.35. The number of nitrogens with two attached hydrogens (primary N) is 1. The molecule has 0 bridgehead atoms. The number of ether oxygens (including phenoxy) is 1. The second kappa shape index (κ2) is 6.81. The maximum absolute atomic E-state index is 12.0. The van der Waals surface area contributed by atoms with Gasteiger partial charge in [-0.2, -0.15) is 0 Å². The summed E-state index contributed by atoms with van der Waals surface area (Å²) in [5.41, 5.74) is 6.96. The predicted octanol–water partition coefficient (Wildman–Crippen LogP) is 0.927. The SMILES string of the molecule is CNC(=O)c1cc2nc(-c3cnc(N)nc3)nc(N3CCOCC3)c2s1. The Labute approximate surface area is 153 Å². The Balaban J connectivity index is 1.87. The molecule has 1 saturated heterocycles.